The normalized spacial score (nSPS) is 18.8. The standard InChI is InChI=1S/C27H30N4O2/c32-25(18-21-6-8-23(9-7-21)22-4-2-1-3-5-22)31-14-10-27(11-15-31)19-24(27)26(33)29-13-17-30-16-12-28-20-30/h1-9,12,16,20,24H,10-11,13-15,17-19H2,(H,29,33)/t24-/m0/s1. The Hall–Kier alpha value is -3.41. The average molecular weight is 443 g/mol. The van der Waals surface area contributed by atoms with Crippen molar-refractivity contribution in [1.82, 2.24) is 19.8 Å². The first kappa shape index (κ1) is 21.4. The molecule has 2 amide bonds. The van der Waals surface area contributed by atoms with Crippen molar-refractivity contribution in [3.63, 3.8) is 0 Å². The molecule has 33 heavy (non-hydrogen) atoms. The van der Waals surface area contributed by atoms with Crippen LogP contribution in [0, 0.1) is 11.3 Å². The molecule has 170 valence electrons. The summed E-state index contributed by atoms with van der Waals surface area (Å²) in [5, 5.41) is 3.07. The minimum atomic E-state index is 0.100. The number of hydrogen-bond donors (Lipinski definition) is 1. The highest BCUT2D eigenvalue weighted by molar-refractivity contribution is 5.83. The third kappa shape index (κ3) is 4.85. The monoisotopic (exact) mass is 442 g/mol. The lowest BCUT2D eigenvalue weighted by Gasteiger charge is -2.33. The molecule has 1 saturated carbocycles. The lowest BCUT2D eigenvalue weighted by Crippen LogP contribution is -2.41. The van der Waals surface area contributed by atoms with Gasteiger partial charge < -0.3 is 14.8 Å². The lowest BCUT2D eigenvalue weighted by atomic mass is 9.90. The number of benzene rings is 2. The Morgan fingerprint density at radius 3 is 2.42 bits per heavy atom. The Kier molecular flexibility index (Phi) is 5.99. The zero-order chi connectivity index (χ0) is 22.7. The highest BCUT2D eigenvalue weighted by atomic mass is 16.2. The van der Waals surface area contributed by atoms with Crippen LogP contribution in [0.4, 0.5) is 0 Å². The number of aromatic nitrogens is 2. The number of carbonyl (C=O) groups excluding carboxylic acids is 2. The summed E-state index contributed by atoms with van der Waals surface area (Å²) in [7, 11) is 0. The van der Waals surface area contributed by atoms with E-state index in [1.54, 1.807) is 12.5 Å². The van der Waals surface area contributed by atoms with E-state index in [1.807, 2.05) is 33.9 Å². The maximum atomic E-state index is 12.9. The molecule has 2 aromatic carbocycles. The molecule has 2 fully saturated rings. The first-order valence-corrected chi connectivity index (χ1v) is 11.8. The van der Waals surface area contributed by atoms with Crippen molar-refractivity contribution in [2.24, 2.45) is 11.3 Å². The molecule has 0 bridgehead atoms. The van der Waals surface area contributed by atoms with Crippen LogP contribution < -0.4 is 5.32 Å². The number of hydrogen-bond acceptors (Lipinski definition) is 3. The number of imidazole rings is 1. The third-order valence-corrected chi connectivity index (χ3v) is 7.26. The molecule has 1 saturated heterocycles. The van der Waals surface area contributed by atoms with Crippen molar-refractivity contribution in [3.05, 3.63) is 78.9 Å². The predicted octanol–water partition coefficient (Wildman–Crippen LogP) is 3.54. The van der Waals surface area contributed by atoms with E-state index < -0.39 is 0 Å². The number of nitrogens with one attached hydrogen (secondary N) is 1. The van der Waals surface area contributed by atoms with E-state index in [0.717, 1.165) is 50.0 Å². The minimum Gasteiger partial charge on any atom is -0.354 e. The topological polar surface area (TPSA) is 67.2 Å². The second-order valence-electron chi connectivity index (χ2n) is 9.33. The van der Waals surface area contributed by atoms with Gasteiger partial charge in [-0.15, -0.1) is 0 Å². The van der Waals surface area contributed by atoms with Gasteiger partial charge in [0.15, 0.2) is 0 Å². The second kappa shape index (κ2) is 9.22. The van der Waals surface area contributed by atoms with Crippen LogP contribution >= 0.6 is 0 Å². The van der Waals surface area contributed by atoms with E-state index in [2.05, 4.69) is 46.7 Å². The number of piperidine rings is 1. The van der Waals surface area contributed by atoms with Gasteiger partial charge in [-0.1, -0.05) is 54.6 Å². The molecule has 0 radical (unpaired) electrons. The van der Waals surface area contributed by atoms with Crippen LogP contribution in [-0.2, 0) is 22.6 Å². The van der Waals surface area contributed by atoms with Gasteiger partial charge >= 0.3 is 0 Å². The van der Waals surface area contributed by atoms with Crippen LogP contribution in [0.5, 0.6) is 0 Å². The van der Waals surface area contributed by atoms with E-state index in [-0.39, 0.29) is 23.1 Å². The molecular weight excluding hydrogens is 412 g/mol. The molecule has 1 atom stereocenters. The summed E-state index contributed by atoms with van der Waals surface area (Å²) in [6.45, 7) is 2.86. The van der Waals surface area contributed by atoms with E-state index in [0.29, 0.717) is 13.0 Å². The molecule has 3 aromatic rings. The van der Waals surface area contributed by atoms with E-state index >= 15 is 0 Å². The summed E-state index contributed by atoms with van der Waals surface area (Å²) in [5.74, 6) is 0.441. The summed E-state index contributed by atoms with van der Waals surface area (Å²) < 4.78 is 1.96. The number of likely N-dealkylation sites (tertiary alicyclic amines) is 1. The average Bonchev–Trinajstić information content (AvgIpc) is 3.28. The minimum absolute atomic E-state index is 0.100. The zero-order valence-electron chi connectivity index (χ0n) is 18.8. The molecule has 0 unspecified atom stereocenters. The maximum Gasteiger partial charge on any atom is 0.226 e. The van der Waals surface area contributed by atoms with Gasteiger partial charge in [0.1, 0.15) is 0 Å². The summed E-state index contributed by atoms with van der Waals surface area (Å²) >= 11 is 0. The Labute approximate surface area is 194 Å². The predicted molar refractivity (Wildman–Crippen MR) is 127 cm³/mol. The highest BCUT2D eigenvalue weighted by Gasteiger charge is 2.58. The number of nitrogens with zero attached hydrogens (tertiary/aromatic N) is 3. The molecule has 5 rings (SSSR count). The van der Waals surface area contributed by atoms with E-state index in [4.69, 9.17) is 0 Å². The van der Waals surface area contributed by atoms with Gasteiger partial charge in [-0.3, -0.25) is 9.59 Å². The van der Waals surface area contributed by atoms with E-state index in [9.17, 15) is 9.59 Å². The fourth-order valence-electron chi connectivity index (χ4n) is 5.05. The van der Waals surface area contributed by atoms with Crippen LogP contribution in [0.25, 0.3) is 11.1 Å². The molecule has 6 nitrogen and oxygen atoms in total. The molecule has 2 aliphatic rings. The van der Waals surface area contributed by atoms with Crippen LogP contribution in [0.15, 0.2) is 73.3 Å². The number of carbonyl (C=O) groups is 2. The largest absolute Gasteiger partial charge is 0.354 e. The Balaban J connectivity index is 1.07. The smallest absolute Gasteiger partial charge is 0.226 e. The third-order valence-electron chi connectivity index (χ3n) is 7.26. The quantitative estimate of drug-likeness (QED) is 0.609. The fourth-order valence-corrected chi connectivity index (χ4v) is 5.05. The molecule has 1 aromatic heterocycles. The lowest BCUT2D eigenvalue weighted by molar-refractivity contribution is -0.132. The molecule has 6 heteroatoms. The first-order chi connectivity index (χ1) is 16.1. The van der Waals surface area contributed by atoms with Crippen LogP contribution in [0.3, 0.4) is 0 Å². The Morgan fingerprint density at radius 1 is 1.00 bits per heavy atom. The van der Waals surface area contributed by atoms with Crippen LogP contribution in [0.1, 0.15) is 24.8 Å². The van der Waals surface area contributed by atoms with Crippen LogP contribution in [0.2, 0.25) is 0 Å². The molecule has 1 N–H and O–H groups in total. The van der Waals surface area contributed by atoms with Gasteiger partial charge in [0, 0.05) is 44.5 Å². The number of rotatable bonds is 7. The second-order valence-corrected chi connectivity index (χ2v) is 9.33. The summed E-state index contributed by atoms with van der Waals surface area (Å²) in [6, 6.07) is 18.5. The Bertz CT molecular complexity index is 1080. The van der Waals surface area contributed by atoms with Crippen LogP contribution in [-0.4, -0.2) is 45.9 Å². The molecule has 1 aliphatic heterocycles. The molecule has 2 heterocycles. The first-order valence-electron chi connectivity index (χ1n) is 11.8. The summed E-state index contributed by atoms with van der Waals surface area (Å²) in [6.07, 6.45) is 8.63. The summed E-state index contributed by atoms with van der Waals surface area (Å²) in [4.78, 5) is 31.4. The number of amides is 2. The molecule has 1 spiro atoms. The van der Waals surface area contributed by atoms with E-state index in [1.165, 1.54) is 5.56 Å². The van der Waals surface area contributed by atoms with Crippen molar-refractivity contribution in [3.8, 4) is 11.1 Å². The Morgan fingerprint density at radius 2 is 1.73 bits per heavy atom. The zero-order valence-corrected chi connectivity index (χ0v) is 18.8. The van der Waals surface area contributed by atoms with Gasteiger partial charge in [0.2, 0.25) is 11.8 Å². The van der Waals surface area contributed by atoms with Crippen molar-refractivity contribution >= 4 is 11.8 Å². The van der Waals surface area contributed by atoms with Gasteiger partial charge in [-0.25, -0.2) is 4.98 Å². The van der Waals surface area contributed by atoms with Crippen molar-refractivity contribution in [2.75, 3.05) is 19.6 Å². The van der Waals surface area contributed by atoms with Gasteiger partial charge in [-0.05, 0) is 41.4 Å². The fraction of sp³-hybridized carbons (Fsp3) is 0.370. The highest BCUT2D eigenvalue weighted by Crippen LogP contribution is 2.59. The van der Waals surface area contributed by atoms with Gasteiger partial charge in [0.25, 0.3) is 0 Å². The molecule has 1 aliphatic carbocycles. The maximum absolute atomic E-state index is 12.9. The summed E-state index contributed by atoms with van der Waals surface area (Å²) in [5.41, 5.74) is 3.49. The van der Waals surface area contributed by atoms with Crippen molar-refractivity contribution < 1.29 is 9.59 Å². The molecular formula is C27H30N4O2. The van der Waals surface area contributed by atoms with Crippen molar-refractivity contribution in [2.45, 2.75) is 32.2 Å². The van der Waals surface area contributed by atoms with Crippen molar-refractivity contribution in [1.29, 1.82) is 0 Å². The van der Waals surface area contributed by atoms with Gasteiger partial charge in [0.05, 0.1) is 12.7 Å². The SMILES string of the molecule is O=C(NCCn1ccnc1)[C@@H]1CC12CCN(C(=O)Cc1ccc(-c3ccccc3)cc1)CC2. The van der Waals surface area contributed by atoms with Gasteiger partial charge in [-0.2, -0.15) is 0 Å².